The highest BCUT2D eigenvalue weighted by molar-refractivity contribution is 5.88. The Bertz CT molecular complexity index is 561. The fourth-order valence-corrected chi connectivity index (χ4v) is 2.70. The molecule has 0 heterocycles. The van der Waals surface area contributed by atoms with Crippen molar-refractivity contribution >= 4 is 11.8 Å². The van der Waals surface area contributed by atoms with Gasteiger partial charge in [-0.05, 0) is 51.7 Å². The zero-order chi connectivity index (χ0) is 18.3. The number of rotatable bonds is 7. The van der Waals surface area contributed by atoms with Gasteiger partial charge in [0, 0.05) is 18.5 Å². The van der Waals surface area contributed by atoms with E-state index in [9.17, 15) is 9.59 Å². The van der Waals surface area contributed by atoms with Crippen LogP contribution in [0.4, 0.5) is 0 Å². The molecule has 0 aromatic heterocycles. The lowest BCUT2D eigenvalue weighted by Gasteiger charge is -2.33. The van der Waals surface area contributed by atoms with Gasteiger partial charge in [0.2, 0.25) is 11.8 Å². The van der Waals surface area contributed by atoms with Crippen molar-refractivity contribution in [1.29, 1.82) is 0 Å². The first-order valence-electron chi connectivity index (χ1n) is 8.85. The van der Waals surface area contributed by atoms with E-state index in [4.69, 9.17) is 0 Å². The van der Waals surface area contributed by atoms with Gasteiger partial charge in [-0.1, -0.05) is 38.1 Å². The summed E-state index contributed by atoms with van der Waals surface area (Å²) in [5.41, 5.74) is 1.91. The summed E-state index contributed by atoms with van der Waals surface area (Å²) in [6.07, 6.45) is 1.84. The maximum atomic E-state index is 12.7. The van der Waals surface area contributed by atoms with Crippen molar-refractivity contribution in [2.24, 2.45) is 0 Å². The van der Waals surface area contributed by atoms with Gasteiger partial charge >= 0.3 is 0 Å². The Morgan fingerprint density at radius 1 is 1.17 bits per heavy atom. The lowest BCUT2D eigenvalue weighted by molar-refractivity contribution is -0.142. The Labute approximate surface area is 146 Å². The van der Waals surface area contributed by atoms with Crippen molar-refractivity contribution < 1.29 is 9.59 Å². The molecule has 0 radical (unpaired) electrons. The lowest BCUT2D eigenvalue weighted by Crippen LogP contribution is -2.53. The molecule has 1 aromatic rings. The topological polar surface area (TPSA) is 49.4 Å². The fraction of sp³-hybridized carbons (Fsp3) is 0.600. The normalized spacial score (nSPS) is 12.6. The summed E-state index contributed by atoms with van der Waals surface area (Å²) >= 11 is 0. The summed E-state index contributed by atoms with van der Waals surface area (Å²) < 4.78 is 0. The van der Waals surface area contributed by atoms with Crippen molar-refractivity contribution in [2.75, 3.05) is 0 Å². The largest absolute Gasteiger partial charge is 0.350 e. The smallest absolute Gasteiger partial charge is 0.243 e. The van der Waals surface area contributed by atoms with E-state index in [1.165, 1.54) is 0 Å². The van der Waals surface area contributed by atoms with Crippen LogP contribution in [0.15, 0.2) is 24.3 Å². The van der Waals surface area contributed by atoms with E-state index in [0.29, 0.717) is 19.4 Å². The molecule has 1 N–H and O–H groups in total. The minimum absolute atomic E-state index is 0.0386. The molecule has 1 rings (SSSR count). The number of carbonyl (C=O) groups excluding carboxylic acids is 2. The predicted octanol–water partition coefficient (Wildman–Crippen LogP) is 3.82. The third-order valence-corrected chi connectivity index (χ3v) is 3.95. The minimum atomic E-state index is -0.442. The summed E-state index contributed by atoms with van der Waals surface area (Å²) in [7, 11) is 0. The highest BCUT2D eigenvalue weighted by Gasteiger charge is 2.30. The molecule has 134 valence electrons. The van der Waals surface area contributed by atoms with E-state index < -0.39 is 6.04 Å². The van der Waals surface area contributed by atoms with Crippen LogP contribution in [0.2, 0.25) is 0 Å². The van der Waals surface area contributed by atoms with Crippen LogP contribution in [-0.2, 0) is 16.1 Å². The van der Waals surface area contributed by atoms with Crippen LogP contribution < -0.4 is 5.32 Å². The van der Waals surface area contributed by atoms with Crippen molar-refractivity contribution in [3.8, 4) is 0 Å². The fourth-order valence-electron chi connectivity index (χ4n) is 2.70. The number of hydrogen-bond donors (Lipinski definition) is 1. The molecule has 1 aromatic carbocycles. The maximum absolute atomic E-state index is 12.7. The monoisotopic (exact) mass is 332 g/mol. The number of hydrogen-bond acceptors (Lipinski definition) is 2. The molecule has 0 saturated carbocycles. The van der Waals surface area contributed by atoms with E-state index in [-0.39, 0.29) is 17.4 Å². The Hall–Kier alpha value is -1.84. The second kappa shape index (κ2) is 8.86. The maximum Gasteiger partial charge on any atom is 0.243 e. The summed E-state index contributed by atoms with van der Waals surface area (Å²) in [5, 5.41) is 3.02. The zero-order valence-corrected chi connectivity index (χ0v) is 16.0. The Morgan fingerprint density at radius 3 is 2.29 bits per heavy atom. The number of benzene rings is 1. The number of carbonyl (C=O) groups is 2. The Morgan fingerprint density at radius 2 is 1.79 bits per heavy atom. The molecule has 0 aliphatic carbocycles. The second-order valence-electron chi connectivity index (χ2n) is 7.36. The van der Waals surface area contributed by atoms with Crippen LogP contribution in [-0.4, -0.2) is 28.3 Å². The van der Waals surface area contributed by atoms with Gasteiger partial charge in [-0.3, -0.25) is 9.59 Å². The molecular formula is C20H32N2O2. The van der Waals surface area contributed by atoms with Gasteiger partial charge in [-0.25, -0.2) is 0 Å². The highest BCUT2D eigenvalue weighted by Crippen LogP contribution is 2.17. The molecule has 0 fully saturated rings. The molecule has 1 atom stereocenters. The summed E-state index contributed by atoms with van der Waals surface area (Å²) in [5.74, 6) is -0.0419. The molecule has 0 aliphatic heterocycles. The van der Waals surface area contributed by atoms with Crippen molar-refractivity contribution in [3.05, 3.63) is 35.4 Å². The van der Waals surface area contributed by atoms with E-state index in [1.807, 2.05) is 65.8 Å². The van der Waals surface area contributed by atoms with Crippen LogP contribution >= 0.6 is 0 Å². The van der Waals surface area contributed by atoms with Crippen LogP contribution in [0.3, 0.4) is 0 Å². The van der Waals surface area contributed by atoms with Crippen LogP contribution in [0.25, 0.3) is 0 Å². The van der Waals surface area contributed by atoms with Gasteiger partial charge in [0.15, 0.2) is 0 Å². The zero-order valence-electron chi connectivity index (χ0n) is 16.0. The lowest BCUT2D eigenvalue weighted by atomic mass is 10.0. The average Bonchev–Trinajstić information content (AvgIpc) is 2.47. The average molecular weight is 332 g/mol. The predicted molar refractivity (Wildman–Crippen MR) is 98.6 cm³/mol. The van der Waals surface area contributed by atoms with Gasteiger partial charge < -0.3 is 10.2 Å². The molecule has 0 unspecified atom stereocenters. The Kier molecular flexibility index (Phi) is 7.46. The summed E-state index contributed by atoms with van der Waals surface area (Å²) in [6.45, 7) is 12.3. The molecule has 4 heteroatoms. The summed E-state index contributed by atoms with van der Waals surface area (Å²) in [6, 6.07) is 7.58. The number of nitrogens with zero attached hydrogens (tertiary/aromatic N) is 1. The van der Waals surface area contributed by atoms with Crippen molar-refractivity contribution in [3.63, 3.8) is 0 Å². The van der Waals surface area contributed by atoms with Gasteiger partial charge in [-0.2, -0.15) is 0 Å². The molecule has 2 amide bonds. The highest BCUT2D eigenvalue weighted by atomic mass is 16.2. The van der Waals surface area contributed by atoms with Gasteiger partial charge in [0.05, 0.1) is 0 Å². The van der Waals surface area contributed by atoms with E-state index in [2.05, 4.69) is 5.32 Å². The van der Waals surface area contributed by atoms with Gasteiger partial charge in [0.1, 0.15) is 6.04 Å². The van der Waals surface area contributed by atoms with Gasteiger partial charge in [0.25, 0.3) is 0 Å². The summed E-state index contributed by atoms with van der Waals surface area (Å²) in [4.78, 5) is 27.1. The SMILES string of the molecule is CCCC(=O)N(Cc1ccccc1C)[C@@H](CC)C(=O)NC(C)(C)C. The third-order valence-electron chi connectivity index (χ3n) is 3.95. The van der Waals surface area contributed by atoms with E-state index >= 15 is 0 Å². The molecular weight excluding hydrogens is 300 g/mol. The minimum Gasteiger partial charge on any atom is -0.350 e. The van der Waals surface area contributed by atoms with Crippen LogP contribution in [0.5, 0.6) is 0 Å². The quantitative estimate of drug-likeness (QED) is 0.825. The third kappa shape index (κ3) is 5.99. The van der Waals surface area contributed by atoms with E-state index in [0.717, 1.165) is 17.5 Å². The molecule has 4 nitrogen and oxygen atoms in total. The first-order valence-corrected chi connectivity index (χ1v) is 8.85. The van der Waals surface area contributed by atoms with Crippen LogP contribution in [0, 0.1) is 6.92 Å². The van der Waals surface area contributed by atoms with Crippen LogP contribution in [0.1, 0.15) is 65.0 Å². The van der Waals surface area contributed by atoms with Crippen molar-refractivity contribution in [2.45, 2.75) is 78.9 Å². The standard InChI is InChI=1S/C20H32N2O2/c1-7-11-18(23)22(14-16-13-10-9-12-15(16)3)17(8-2)19(24)21-20(4,5)6/h9-10,12-13,17H,7-8,11,14H2,1-6H3,(H,21,24)/t17-/m0/s1. The number of aryl methyl sites for hydroxylation is 1. The first kappa shape index (κ1) is 20.2. The molecule has 24 heavy (non-hydrogen) atoms. The first-order chi connectivity index (χ1) is 11.2. The molecule has 0 aliphatic rings. The number of amides is 2. The second-order valence-corrected chi connectivity index (χ2v) is 7.36. The van der Waals surface area contributed by atoms with E-state index in [1.54, 1.807) is 4.90 Å². The number of nitrogens with one attached hydrogen (secondary N) is 1. The van der Waals surface area contributed by atoms with Crippen molar-refractivity contribution in [1.82, 2.24) is 10.2 Å². The molecule has 0 bridgehead atoms. The molecule has 0 spiro atoms. The molecule has 0 saturated heterocycles. The Balaban J connectivity index is 3.08. The van der Waals surface area contributed by atoms with Gasteiger partial charge in [-0.15, -0.1) is 0 Å².